The first-order valence-electron chi connectivity index (χ1n) is 8.47. The molecule has 24 heavy (non-hydrogen) atoms. The number of nitrogens with one attached hydrogen (secondary N) is 2. The van der Waals surface area contributed by atoms with Crippen molar-refractivity contribution in [3.63, 3.8) is 0 Å². The molecule has 0 aromatic rings. The van der Waals surface area contributed by atoms with Gasteiger partial charge in [0.05, 0.1) is 13.1 Å². The van der Waals surface area contributed by atoms with Crippen molar-refractivity contribution in [3.05, 3.63) is 12.7 Å². The molecule has 0 amide bonds. The third-order valence-corrected chi connectivity index (χ3v) is 3.86. The topological polar surface area (TPSA) is 42.9 Å². The van der Waals surface area contributed by atoms with E-state index < -0.39 is 12.7 Å². The van der Waals surface area contributed by atoms with Crippen molar-refractivity contribution >= 4 is 5.96 Å². The van der Waals surface area contributed by atoms with E-state index in [0.717, 1.165) is 39.0 Å². The van der Waals surface area contributed by atoms with Gasteiger partial charge in [0.25, 0.3) is 0 Å². The van der Waals surface area contributed by atoms with Crippen LogP contribution in [-0.2, 0) is 0 Å². The molecule has 1 saturated heterocycles. The molecule has 0 atom stereocenters. The molecule has 0 unspecified atom stereocenters. The number of likely N-dealkylation sites (N-methyl/N-ethyl adjacent to an activating group) is 1. The molecule has 0 bridgehead atoms. The lowest BCUT2D eigenvalue weighted by Gasteiger charge is -2.32. The molecule has 1 rings (SSSR count). The molecule has 1 fully saturated rings. The summed E-state index contributed by atoms with van der Waals surface area (Å²) in [5.74, 6) is 0.681. The van der Waals surface area contributed by atoms with E-state index in [2.05, 4.69) is 27.1 Å². The second-order valence-electron chi connectivity index (χ2n) is 6.12. The predicted molar refractivity (Wildman–Crippen MR) is 92.3 cm³/mol. The maximum absolute atomic E-state index is 12.3. The first kappa shape index (κ1) is 20.8. The highest BCUT2D eigenvalue weighted by Gasteiger charge is 2.28. The van der Waals surface area contributed by atoms with E-state index >= 15 is 0 Å². The minimum Gasteiger partial charge on any atom is -0.357 e. The Labute approximate surface area is 143 Å². The van der Waals surface area contributed by atoms with E-state index in [-0.39, 0.29) is 6.54 Å². The highest BCUT2D eigenvalue weighted by molar-refractivity contribution is 5.80. The SMILES string of the molecule is C=CCN1CCC(NC(=NCCN(C)CC(F)(F)F)NCC)CC1. The number of aliphatic imine (C=N–C) groups is 1. The molecule has 1 heterocycles. The van der Waals surface area contributed by atoms with Crippen LogP contribution >= 0.6 is 0 Å². The van der Waals surface area contributed by atoms with Crippen LogP contribution in [0.5, 0.6) is 0 Å². The van der Waals surface area contributed by atoms with Gasteiger partial charge in [-0.25, -0.2) is 0 Å². The van der Waals surface area contributed by atoms with Crippen LogP contribution in [0.1, 0.15) is 19.8 Å². The van der Waals surface area contributed by atoms with Crippen molar-refractivity contribution in [2.45, 2.75) is 32.0 Å². The monoisotopic (exact) mass is 349 g/mol. The quantitative estimate of drug-likeness (QED) is 0.398. The maximum Gasteiger partial charge on any atom is 0.401 e. The summed E-state index contributed by atoms with van der Waals surface area (Å²) in [5, 5.41) is 6.54. The van der Waals surface area contributed by atoms with Crippen LogP contribution in [-0.4, -0.2) is 80.8 Å². The minimum atomic E-state index is -4.17. The fourth-order valence-electron chi connectivity index (χ4n) is 2.67. The number of piperidine rings is 1. The van der Waals surface area contributed by atoms with Gasteiger partial charge in [0, 0.05) is 38.8 Å². The van der Waals surface area contributed by atoms with Crippen LogP contribution in [0.4, 0.5) is 13.2 Å². The third kappa shape index (κ3) is 9.12. The molecule has 0 spiro atoms. The lowest BCUT2D eigenvalue weighted by molar-refractivity contribution is -0.142. The van der Waals surface area contributed by atoms with E-state index in [1.54, 1.807) is 0 Å². The lowest BCUT2D eigenvalue weighted by Crippen LogP contribution is -2.48. The first-order valence-corrected chi connectivity index (χ1v) is 8.47. The van der Waals surface area contributed by atoms with Gasteiger partial charge < -0.3 is 10.6 Å². The molecule has 0 radical (unpaired) electrons. The molecule has 140 valence electrons. The summed E-state index contributed by atoms with van der Waals surface area (Å²) in [4.78, 5) is 7.97. The fraction of sp³-hybridized carbons (Fsp3) is 0.812. The van der Waals surface area contributed by atoms with Crippen molar-refractivity contribution in [1.29, 1.82) is 0 Å². The Kier molecular flexibility index (Phi) is 9.13. The summed E-state index contributed by atoms with van der Waals surface area (Å²) in [6, 6.07) is 0.344. The Balaban J connectivity index is 2.39. The van der Waals surface area contributed by atoms with Crippen molar-refractivity contribution < 1.29 is 13.2 Å². The highest BCUT2D eigenvalue weighted by Crippen LogP contribution is 2.15. The van der Waals surface area contributed by atoms with Crippen molar-refractivity contribution in [1.82, 2.24) is 20.4 Å². The van der Waals surface area contributed by atoms with E-state index in [9.17, 15) is 13.2 Å². The molecule has 0 aromatic carbocycles. The standard InChI is InChI=1S/C16H30F3N5/c1-4-9-24-10-6-14(7-11-24)22-15(20-5-2)21-8-12-23(3)13-16(17,18)19/h4,14H,1,5-13H2,2-3H3,(H2,20,21,22). The second-order valence-corrected chi connectivity index (χ2v) is 6.12. The normalized spacial score (nSPS) is 18.0. The van der Waals surface area contributed by atoms with Gasteiger partial charge in [0.15, 0.2) is 5.96 Å². The molecular weight excluding hydrogens is 319 g/mol. The zero-order chi connectivity index (χ0) is 18.0. The van der Waals surface area contributed by atoms with E-state index in [1.807, 2.05) is 13.0 Å². The zero-order valence-electron chi connectivity index (χ0n) is 14.7. The lowest BCUT2D eigenvalue weighted by atomic mass is 10.1. The molecular formula is C16H30F3N5. The molecule has 0 aliphatic carbocycles. The molecule has 8 heteroatoms. The van der Waals surface area contributed by atoms with Crippen molar-refractivity contribution in [2.75, 3.05) is 52.9 Å². The Bertz CT molecular complexity index is 390. The van der Waals surface area contributed by atoms with Crippen LogP contribution in [0.2, 0.25) is 0 Å². The highest BCUT2D eigenvalue weighted by atomic mass is 19.4. The Morgan fingerprint density at radius 3 is 2.58 bits per heavy atom. The Hall–Kier alpha value is -1.28. The number of guanidine groups is 1. The average Bonchev–Trinajstić information content (AvgIpc) is 2.48. The third-order valence-electron chi connectivity index (χ3n) is 3.86. The minimum absolute atomic E-state index is 0.272. The molecule has 0 saturated carbocycles. The average molecular weight is 349 g/mol. The molecule has 0 aromatic heterocycles. The zero-order valence-corrected chi connectivity index (χ0v) is 14.7. The van der Waals surface area contributed by atoms with Crippen molar-refractivity contribution in [3.8, 4) is 0 Å². The van der Waals surface area contributed by atoms with Gasteiger partial charge >= 0.3 is 6.18 Å². The van der Waals surface area contributed by atoms with E-state index in [1.165, 1.54) is 11.9 Å². The number of nitrogens with zero attached hydrogens (tertiary/aromatic N) is 3. The van der Waals surface area contributed by atoms with Crippen molar-refractivity contribution in [2.24, 2.45) is 4.99 Å². The number of hydrogen-bond acceptors (Lipinski definition) is 3. The molecule has 2 N–H and O–H groups in total. The number of rotatable bonds is 8. The van der Waals surface area contributed by atoms with Crippen LogP contribution < -0.4 is 10.6 Å². The summed E-state index contributed by atoms with van der Waals surface area (Å²) in [7, 11) is 1.46. The van der Waals surface area contributed by atoms with Crippen LogP contribution in [0, 0.1) is 0 Å². The molecule has 1 aliphatic rings. The number of hydrogen-bond donors (Lipinski definition) is 2. The number of halogens is 3. The van der Waals surface area contributed by atoms with Gasteiger partial charge in [-0.2, -0.15) is 13.2 Å². The van der Waals surface area contributed by atoms with Crippen LogP contribution in [0.15, 0.2) is 17.6 Å². The maximum atomic E-state index is 12.3. The van der Waals surface area contributed by atoms with Gasteiger partial charge in [0.1, 0.15) is 0 Å². The van der Waals surface area contributed by atoms with Gasteiger partial charge in [-0.1, -0.05) is 6.08 Å². The summed E-state index contributed by atoms with van der Waals surface area (Å²) in [6.07, 6.45) is -0.212. The molecule has 1 aliphatic heterocycles. The second kappa shape index (κ2) is 10.6. The van der Waals surface area contributed by atoms with Gasteiger partial charge in [-0.05, 0) is 26.8 Å². The summed E-state index contributed by atoms with van der Waals surface area (Å²) < 4.78 is 36.9. The van der Waals surface area contributed by atoms with Crippen LogP contribution in [0.25, 0.3) is 0 Å². The predicted octanol–water partition coefficient (Wildman–Crippen LogP) is 1.69. The fourth-order valence-corrected chi connectivity index (χ4v) is 2.67. The largest absolute Gasteiger partial charge is 0.401 e. The summed E-state index contributed by atoms with van der Waals surface area (Å²) >= 11 is 0. The van der Waals surface area contributed by atoms with Crippen LogP contribution in [0.3, 0.4) is 0 Å². The Morgan fingerprint density at radius 2 is 2.04 bits per heavy atom. The first-order chi connectivity index (χ1) is 11.3. The summed E-state index contributed by atoms with van der Waals surface area (Å²) in [5.41, 5.74) is 0. The summed E-state index contributed by atoms with van der Waals surface area (Å²) in [6.45, 7) is 9.08. The molecule has 5 nitrogen and oxygen atoms in total. The van der Waals surface area contributed by atoms with Gasteiger partial charge in [-0.3, -0.25) is 14.8 Å². The number of alkyl halides is 3. The smallest absolute Gasteiger partial charge is 0.357 e. The van der Waals surface area contributed by atoms with E-state index in [4.69, 9.17) is 0 Å². The number of likely N-dealkylation sites (tertiary alicyclic amines) is 1. The van der Waals surface area contributed by atoms with Gasteiger partial charge in [0.2, 0.25) is 0 Å². The Morgan fingerprint density at radius 1 is 1.38 bits per heavy atom. The van der Waals surface area contributed by atoms with E-state index in [0.29, 0.717) is 18.5 Å². The van der Waals surface area contributed by atoms with Gasteiger partial charge in [-0.15, -0.1) is 6.58 Å².